The minimum Gasteiger partial charge on any atom is -0.355 e. The molecule has 2 aromatic heterocycles. The van der Waals surface area contributed by atoms with E-state index in [0.29, 0.717) is 20.2 Å². The Morgan fingerprint density at radius 3 is 2.49 bits per heavy atom. The molecule has 0 aliphatic heterocycles. The van der Waals surface area contributed by atoms with Crippen molar-refractivity contribution in [1.82, 2.24) is 20.2 Å². The van der Waals surface area contributed by atoms with Crippen molar-refractivity contribution in [3.8, 4) is 11.3 Å². The molecule has 2 N–H and O–H groups in total. The highest BCUT2D eigenvalue weighted by molar-refractivity contribution is 9.10. The number of hydrogen-bond acceptors (Lipinski definition) is 5. The molecule has 178 valence electrons. The Bertz CT molecular complexity index is 1540. The zero-order valence-corrected chi connectivity index (χ0v) is 19.4. The standard InChI is InChI=1S/C23H15BrF3N5O3/c1-28-22(35)16-4-2-12(10-17(16)23(25,26)27)19-6-7-20(33)32(30-19)31-21(34)13-3-5-18-14(8-13)9-15(24)11-29-18/h2-11H,1H3,(H,28,35)(H,31,34). The topological polar surface area (TPSA) is 106 Å². The number of amides is 2. The van der Waals surface area contributed by atoms with Crippen LogP contribution >= 0.6 is 15.9 Å². The fourth-order valence-electron chi connectivity index (χ4n) is 3.32. The fraction of sp³-hybridized carbons (Fsp3) is 0.0870. The molecule has 2 amide bonds. The Balaban J connectivity index is 1.68. The van der Waals surface area contributed by atoms with E-state index in [1.165, 1.54) is 25.2 Å². The first-order chi connectivity index (χ1) is 16.6. The third-order valence-electron chi connectivity index (χ3n) is 5.01. The number of halogens is 4. The lowest BCUT2D eigenvalue weighted by Gasteiger charge is -2.14. The van der Waals surface area contributed by atoms with Crippen LogP contribution in [0.1, 0.15) is 26.3 Å². The molecule has 0 bridgehead atoms. The molecule has 0 fully saturated rings. The molecule has 2 aromatic carbocycles. The zero-order valence-electron chi connectivity index (χ0n) is 17.9. The number of carbonyl (C=O) groups excluding carboxylic acids is 2. The van der Waals surface area contributed by atoms with Crippen molar-refractivity contribution in [2.45, 2.75) is 6.18 Å². The molecule has 12 heteroatoms. The number of pyridine rings is 1. The first-order valence-corrected chi connectivity index (χ1v) is 10.8. The summed E-state index contributed by atoms with van der Waals surface area (Å²) in [4.78, 5) is 41.7. The van der Waals surface area contributed by atoms with Crippen LogP contribution in [0, 0.1) is 0 Å². The van der Waals surface area contributed by atoms with Gasteiger partial charge in [0.05, 0.1) is 22.3 Å². The van der Waals surface area contributed by atoms with Crippen molar-refractivity contribution >= 4 is 38.6 Å². The summed E-state index contributed by atoms with van der Waals surface area (Å²) >= 11 is 3.31. The second-order valence-electron chi connectivity index (χ2n) is 7.31. The monoisotopic (exact) mass is 545 g/mol. The average Bonchev–Trinajstić information content (AvgIpc) is 2.83. The number of nitrogens with zero attached hydrogens (tertiary/aromatic N) is 3. The van der Waals surface area contributed by atoms with E-state index < -0.39 is 34.7 Å². The summed E-state index contributed by atoms with van der Waals surface area (Å²) in [5.41, 5.74) is 0.762. The fourth-order valence-corrected chi connectivity index (χ4v) is 3.67. The number of carbonyl (C=O) groups is 2. The van der Waals surface area contributed by atoms with Crippen molar-refractivity contribution in [3.63, 3.8) is 0 Å². The molecular weight excluding hydrogens is 531 g/mol. The van der Waals surface area contributed by atoms with Gasteiger partial charge in [0, 0.05) is 40.3 Å². The Kier molecular flexibility index (Phi) is 6.39. The lowest BCUT2D eigenvalue weighted by molar-refractivity contribution is -0.137. The van der Waals surface area contributed by atoms with E-state index in [1.54, 1.807) is 24.4 Å². The molecule has 8 nitrogen and oxygen atoms in total. The smallest absolute Gasteiger partial charge is 0.355 e. The first kappa shape index (κ1) is 24.1. The molecule has 0 unspecified atom stereocenters. The molecule has 4 rings (SSSR count). The molecule has 0 aliphatic rings. The predicted molar refractivity (Wildman–Crippen MR) is 125 cm³/mol. The molecule has 2 heterocycles. The van der Waals surface area contributed by atoms with Crippen LogP contribution in [0.2, 0.25) is 0 Å². The number of rotatable bonds is 4. The third kappa shape index (κ3) is 5.06. The van der Waals surface area contributed by atoms with E-state index in [0.717, 1.165) is 18.2 Å². The third-order valence-corrected chi connectivity index (χ3v) is 5.44. The van der Waals surface area contributed by atoms with E-state index in [2.05, 4.69) is 36.8 Å². The number of hydrogen-bond donors (Lipinski definition) is 2. The van der Waals surface area contributed by atoms with Crippen LogP contribution in [0.25, 0.3) is 22.2 Å². The molecule has 35 heavy (non-hydrogen) atoms. The zero-order chi connectivity index (χ0) is 25.3. The van der Waals surface area contributed by atoms with Crippen molar-refractivity contribution in [2.75, 3.05) is 12.5 Å². The maximum Gasteiger partial charge on any atom is 0.417 e. The van der Waals surface area contributed by atoms with Gasteiger partial charge in [0.1, 0.15) is 0 Å². The van der Waals surface area contributed by atoms with Crippen molar-refractivity contribution in [2.24, 2.45) is 0 Å². The van der Waals surface area contributed by atoms with Gasteiger partial charge in [0.15, 0.2) is 0 Å². The molecular formula is C23H15BrF3N5O3. The summed E-state index contributed by atoms with van der Waals surface area (Å²) in [6, 6.07) is 11.8. The Morgan fingerprint density at radius 2 is 1.77 bits per heavy atom. The van der Waals surface area contributed by atoms with Crippen LogP contribution < -0.4 is 16.3 Å². The summed E-state index contributed by atoms with van der Waals surface area (Å²) in [5.74, 6) is -1.56. The SMILES string of the molecule is CNC(=O)c1ccc(-c2ccc(=O)n(NC(=O)c3ccc4ncc(Br)cc4c3)n2)cc1C(F)(F)F. The summed E-state index contributed by atoms with van der Waals surface area (Å²) in [5, 5.41) is 6.83. The molecule has 0 aliphatic carbocycles. The van der Waals surface area contributed by atoms with E-state index in [9.17, 15) is 27.6 Å². The van der Waals surface area contributed by atoms with Gasteiger partial charge in [-0.25, -0.2) is 5.43 Å². The Labute approximate surface area is 203 Å². The van der Waals surface area contributed by atoms with Gasteiger partial charge in [0.2, 0.25) is 0 Å². The highest BCUT2D eigenvalue weighted by atomic mass is 79.9. The second kappa shape index (κ2) is 9.29. The summed E-state index contributed by atoms with van der Waals surface area (Å²) in [6.45, 7) is 0. The molecule has 0 radical (unpaired) electrons. The van der Waals surface area contributed by atoms with Crippen molar-refractivity contribution < 1.29 is 22.8 Å². The van der Waals surface area contributed by atoms with Gasteiger partial charge >= 0.3 is 6.18 Å². The number of nitrogens with one attached hydrogen (secondary N) is 2. The summed E-state index contributed by atoms with van der Waals surface area (Å²) in [7, 11) is 1.22. The first-order valence-electron chi connectivity index (χ1n) is 9.97. The van der Waals surface area contributed by atoms with Crippen molar-refractivity contribution in [1.29, 1.82) is 0 Å². The van der Waals surface area contributed by atoms with Crippen LogP contribution in [0.4, 0.5) is 13.2 Å². The Hall–Kier alpha value is -4.06. The van der Waals surface area contributed by atoms with Gasteiger partial charge < -0.3 is 5.32 Å². The quantitative estimate of drug-likeness (QED) is 0.403. The van der Waals surface area contributed by atoms with Crippen LogP contribution in [-0.2, 0) is 6.18 Å². The minimum absolute atomic E-state index is 0.00499. The van der Waals surface area contributed by atoms with E-state index >= 15 is 0 Å². The van der Waals surface area contributed by atoms with Crippen LogP contribution in [-0.4, -0.2) is 33.7 Å². The number of benzene rings is 2. The summed E-state index contributed by atoms with van der Waals surface area (Å²) in [6.07, 6.45) is -3.19. The lowest BCUT2D eigenvalue weighted by Crippen LogP contribution is -2.34. The molecule has 0 saturated heterocycles. The summed E-state index contributed by atoms with van der Waals surface area (Å²) < 4.78 is 41.4. The Morgan fingerprint density at radius 1 is 1.00 bits per heavy atom. The molecule has 0 atom stereocenters. The highest BCUT2D eigenvalue weighted by Crippen LogP contribution is 2.34. The van der Waals surface area contributed by atoms with Crippen molar-refractivity contribution in [3.05, 3.63) is 92.3 Å². The van der Waals surface area contributed by atoms with Crippen LogP contribution in [0.5, 0.6) is 0 Å². The minimum atomic E-state index is -4.81. The van der Waals surface area contributed by atoms with Gasteiger partial charge in [0.25, 0.3) is 17.4 Å². The van der Waals surface area contributed by atoms with Crippen LogP contribution in [0.15, 0.2) is 70.1 Å². The second-order valence-corrected chi connectivity index (χ2v) is 8.22. The molecule has 0 saturated carbocycles. The molecule has 0 spiro atoms. The van der Waals surface area contributed by atoms with Crippen LogP contribution in [0.3, 0.4) is 0 Å². The maximum absolute atomic E-state index is 13.6. The molecule has 4 aromatic rings. The average molecular weight is 546 g/mol. The highest BCUT2D eigenvalue weighted by Gasteiger charge is 2.35. The van der Waals surface area contributed by atoms with E-state index in [1.807, 2.05) is 0 Å². The van der Waals surface area contributed by atoms with E-state index in [-0.39, 0.29) is 16.8 Å². The van der Waals surface area contributed by atoms with Gasteiger partial charge in [-0.3, -0.25) is 19.4 Å². The largest absolute Gasteiger partial charge is 0.417 e. The lowest BCUT2D eigenvalue weighted by atomic mass is 10.0. The van der Waals surface area contributed by atoms with Gasteiger partial charge in [-0.2, -0.15) is 13.2 Å². The normalized spacial score (nSPS) is 11.3. The van der Waals surface area contributed by atoms with Gasteiger partial charge in [-0.1, -0.05) is 6.07 Å². The number of fused-ring (bicyclic) bond motifs is 1. The van der Waals surface area contributed by atoms with E-state index in [4.69, 9.17) is 0 Å². The number of alkyl halides is 3. The predicted octanol–water partition coefficient (Wildman–Crippen LogP) is 3.98. The van der Waals surface area contributed by atoms with Gasteiger partial charge in [-0.05, 0) is 58.4 Å². The number of aromatic nitrogens is 3. The maximum atomic E-state index is 13.6. The van der Waals surface area contributed by atoms with Gasteiger partial charge in [-0.15, -0.1) is 9.89 Å².